The summed E-state index contributed by atoms with van der Waals surface area (Å²) in [6.45, 7) is 9.42. The molecule has 1 aliphatic heterocycles. The molecule has 0 aliphatic carbocycles. The number of hydrogen-bond acceptors (Lipinski definition) is 5. The van der Waals surface area contributed by atoms with Gasteiger partial charge in [0.25, 0.3) is 5.91 Å². The molecule has 1 amide bonds. The molecular weight excluding hydrogens is 308 g/mol. The number of nitrogens with zero attached hydrogens (tertiary/aromatic N) is 4. The van der Waals surface area contributed by atoms with Crippen molar-refractivity contribution in [2.45, 2.75) is 33.4 Å². The number of carbonyl (C=O) groups is 1. The fourth-order valence-electron chi connectivity index (χ4n) is 3.09. The van der Waals surface area contributed by atoms with E-state index in [4.69, 9.17) is 0 Å². The highest BCUT2D eigenvalue weighted by Gasteiger charge is 2.30. The third-order valence-corrected chi connectivity index (χ3v) is 5.09. The molecule has 6 heteroatoms. The van der Waals surface area contributed by atoms with Crippen LogP contribution in [0.2, 0.25) is 0 Å². The lowest BCUT2D eigenvalue weighted by Gasteiger charge is -2.39. The molecule has 0 spiro atoms. The van der Waals surface area contributed by atoms with Gasteiger partial charge in [-0.1, -0.05) is 6.07 Å². The van der Waals surface area contributed by atoms with Crippen LogP contribution in [0.4, 0.5) is 0 Å². The van der Waals surface area contributed by atoms with Crippen LogP contribution in [-0.2, 0) is 6.54 Å². The Bertz CT molecular complexity index is 685. The van der Waals surface area contributed by atoms with Crippen molar-refractivity contribution in [3.05, 3.63) is 45.7 Å². The molecule has 5 nitrogen and oxygen atoms in total. The fraction of sp³-hybridized carbons (Fsp3) is 0.471. The molecule has 23 heavy (non-hydrogen) atoms. The minimum atomic E-state index is 0.0698. The predicted molar refractivity (Wildman–Crippen MR) is 91.6 cm³/mol. The molecule has 1 saturated heterocycles. The van der Waals surface area contributed by atoms with Gasteiger partial charge in [0, 0.05) is 49.5 Å². The molecule has 2 aromatic rings. The van der Waals surface area contributed by atoms with Gasteiger partial charge in [0.05, 0.1) is 5.01 Å². The molecule has 0 aromatic carbocycles. The molecule has 0 unspecified atom stereocenters. The first-order valence-corrected chi connectivity index (χ1v) is 8.72. The average molecular weight is 330 g/mol. The summed E-state index contributed by atoms with van der Waals surface area (Å²) in [4.78, 5) is 26.7. The summed E-state index contributed by atoms with van der Waals surface area (Å²) in [7, 11) is 0. The Morgan fingerprint density at radius 2 is 2.22 bits per heavy atom. The number of carbonyl (C=O) groups excluding carboxylic acids is 1. The maximum Gasteiger partial charge on any atom is 0.273 e. The number of thiazole rings is 1. The summed E-state index contributed by atoms with van der Waals surface area (Å²) in [5.74, 6) is 0.0698. The highest BCUT2D eigenvalue weighted by molar-refractivity contribution is 7.11. The molecule has 0 radical (unpaired) electrons. The lowest BCUT2D eigenvalue weighted by Crippen LogP contribution is -2.53. The Morgan fingerprint density at radius 1 is 1.39 bits per heavy atom. The monoisotopic (exact) mass is 330 g/mol. The second-order valence-electron chi connectivity index (χ2n) is 6.08. The van der Waals surface area contributed by atoms with E-state index in [0.717, 1.165) is 36.1 Å². The van der Waals surface area contributed by atoms with Crippen LogP contribution in [0.5, 0.6) is 0 Å². The van der Waals surface area contributed by atoms with Crippen molar-refractivity contribution in [3.8, 4) is 0 Å². The smallest absolute Gasteiger partial charge is 0.273 e. The van der Waals surface area contributed by atoms with E-state index in [1.54, 1.807) is 17.5 Å². The standard InChI is InChI=1S/C17H22N4OS/c1-12-10-20(11-15-5-4-6-18-9-15)7-8-21(12)17(22)16-13(2)23-14(3)19-16/h4-6,9,12H,7-8,10-11H2,1-3H3/t12-/m0/s1. The summed E-state index contributed by atoms with van der Waals surface area (Å²) in [5.41, 5.74) is 1.84. The topological polar surface area (TPSA) is 49.3 Å². The zero-order valence-corrected chi connectivity index (χ0v) is 14.6. The zero-order chi connectivity index (χ0) is 16.4. The Morgan fingerprint density at radius 3 is 2.83 bits per heavy atom. The van der Waals surface area contributed by atoms with Crippen molar-refractivity contribution in [2.24, 2.45) is 0 Å². The molecule has 1 atom stereocenters. The summed E-state index contributed by atoms with van der Waals surface area (Å²) in [6, 6.07) is 4.25. The number of piperazine rings is 1. The van der Waals surface area contributed by atoms with Crippen molar-refractivity contribution < 1.29 is 4.79 Å². The molecular formula is C17H22N4OS. The number of rotatable bonds is 3. The van der Waals surface area contributed by atoms with Gasteiger partial charge >= 0.3 is 0 Å². The van der Waals surface area contributed by atoms with Crippen molar-refractivity contribution >= 4 is 17.2 Å². The highest BCUT2D eigenvalue weighted by atomic mass is 32.1. The number of pyridine rings is 1. The van der Waals surface area contributed by atoms with Crippen LogP contribution < -0.4 is 0 Å². The van der Waals surface area contributed by atoms with Crippen molar-refractivity contribution in [2.75, 3.05) is 19.6 Å². The van der Waals surface area contributed by atoms with Gasteiger partial charge in [-0.2, -0.15) is 0 Å². The molecule has 122 valence electrons. The molecule has 3 heterocycles. The third-order valence-electron chi connectivity index (χ3n) is 4.21. The van der Waals surface area contributed by atoms with E-state index in [9.17, 15) is 4.79 Å². The first kappa shape index (κ1) is 16.1. The fourth-order valence-corrected chi connectivity index (χ4v) is 3.90. The van der Waals surface area contributed by atoms with Gasteiger partial charge in [0.2, 0.25) is 0 Å². The van der Waals surface area contributed by atoms with E-state index >= 15 is 0 Å². The summed E-state index contributed by atoms with van der Waals surface area (Å²) in [6.07, 6.45) is 3.70. The van der Waals surface area contributed by atoms with Crippen LogP contribution in [0.1, 0.15) is 32.9 Å². The Balaban J connectivity index is 1.64. The van der Waals surface area contributed by atoms with Crippen LogP contribution in [0.15, 0.2) is 24.5 Å². The lowest BCUT2D eigenvalue weighted by molar-refractivity contribution is 0.0470. The number of hydrogen-bond donors (Lipinski definition) is 0. The maximum atomic E-state index is 12.8. The van der Waals surface area contributed by atoms with Gasteiger partial charge in [-0.05, 0) is 32.4 Å². The van der Waals surface area contributed by atoms with E-state index in [2.05, 4.69) is 27.9 Å². The molecule has 0 N–H and O–H groups in total. The van der Waals surface area contributed by atoms with E-state index in [0.29, 0.717) is 5.69 Å². The second-order valence-corrected chi connectivity index (χ2v) is 7.49. The normalized spacial score (nSPS) is 19.1. The van der Waals surface area contributed by atoms with Crippen molar-refractivity contribution in [1.29, 1.82) is 0 Å². The second kappa shape index (κ2) is 6.76. The summed E-state index contributed by atoms with van der Waals surface area (Å²) >= 11 is 1.59. The Hall–Kier alpha value is -1.79. The van der Waals surface area contributed by atoms with Crippen LogP contribution in [-0.4, -0.2) is 51.4 Å². The van der Waals surface area contributed by atoms with Crippen molar-refractivity contribution in [1.82, 2.24) is 19.8 Å². The first-order valence-electron chi connectivity index (χ1n) is 7.91. The quantitative estimate of drug-likeness (QED) is 0.868. The Kier molecular flexibility index (Phi) is 4.73. The first-order chi connectivity index (χ1) is 11.0. The number of amides is 1. The number of aryl methyl sites for hydroxylation is 2. The predicted octanol–water partition coefficient (Wildman–Crippen LogP) is 2.50. The molecule has 0 saturated carbocycles. The molecule has 1 fully saturated rings. The van der Waals surface area contributed by atoms with Gasteiger partial charge in [-0.15, -0.1) is 11.3 Å². The molecule has 2 aromatic heterocycles. The van der Waals surface area contributed by atoms with Gasteiger partial charge in [-0.3, -0.25) is 14.7 Å². The van der Waals surface area contributed by atoms with Gasteiger partial charge < -0.3 is 4.90 Å². The van der Waals surface area contributed by atoms with Crippen molar-refractivity contribution in [3.63, 3.8) is 0 Å². The molecule has 3 rings (SSSR count). The van der Waals surface area contributed by atoms with E-state index < -0.39 is 0 Å². The molecule has 1 aliphatic rings. The maximum absolute atomic E-state index is 12.8. The van der Waals surface area contributed by atoms with Crippen LogP contribution in [0.3, 0.4) is 0 Å². The SMILES string of the molecule is Cc1nc(C(=O)N2CCN(Cc3cccnc3)C[C@@H]2C)c(C)s1. The minimum absolute atomic E-state index is 0.0698. The third kappa shape index (κ3) is 3.59. The van der Waals surface area contributed by atoms with Gasteiger partial charge in [-0.25, -0.2) is 4.98 Å². The van der Waals surface area contributed by atoms with E-state index in [1.165, 1.54) is 5.56 Å². The average Bonchev–Trinajstić information content (AvgIpc) is 2.86. The highest BCUT2D eigenvalue weighted by Crippen LogP contribution is 2.21. The van der Waals surface area contributed by atoms with Crippen LogP contribution in [0, 0.1) is 13.8 Å². The van der Waals surface area contributed by atoms with E-state index in [1.807, 2.05) is 31.0 Å². The summed E-state index contributed by atoms with van der Waals surface area (Å²) < 4.78 is 0. The minimum Gasteiger partial charge on any atom is -0.332 e. The van der Waals surface area contributed by atoms with E-state index in [-0.39, 0.29) is 11.9 Å². The largest absolute Gasteiger partial charge is 0.332 e. The van der Waals surface area contributed by atoms with Crippen LogP contribution in [0.25, 0.3) is 0 Å². The lowest BCUT2D eigenvalue weighted by atomic mass is 10.1. The Labute approximate surface area is 141 Å². The van der Waals surface area contributed by atoms with Gasteiger partial charge in [0.1, 0.15) is 5.69 Å². The van der Waals surface area contributed by atoms with Gasteiger partial charge in [0.15, 0.2) is 0 Å². The number of aromatic nitrogens is 2. The summed E-state index contributed by atoms with van der Waals surface area (Å²) in [5, 5.41) is 0.953. The zero-order valence-electron chi connectivity index (χ0n) is 13.8. The van der Waals surface area contributed by atoms with Crippen LogP contribution >= 0.6 is 11.3 Å². The molecule has 0 bridgehead atoms.